The van der Waals surface area contributed by atoms with Gasteiger partial charge in [-0.05, 0) is 35.0 Å². The number of hydrogen-bond acceptors (Lipinski definition) is 3. The van der Waals surface area contributed by atoms with Crippen molar-refractivity contribution in [1.82, 2.24) is 9.38 Å². The standard InChI is InChI=1S/C10H9BrN2O2/c1-2-15-10(14)7-4-3-5-13-6-12-9(11)8(7)13/h3-6H,2H2,1H3. The van der Waals surface area contributed by atoms with E-state index in [9.17, 15) is 4.79 Å². The summed E-state index contributed by atoms with van der Waals surface area (Å²) in [7, 11) is 0. The molecule has 4 nitrogen and oxygen atoms in total. The number of fused-ring (bicyclic) bond motifs is 1. The summed E-state index contributed by atoms with van der Waals surface area (Å²) >= 11 is 3.30. The van der Waals surface area contributed by atoms with Gasteiger partial charge in [-0.15, -0.1) is 0 Å². The Balaban J connectivity index is 2.59. The van der Waals surface area contributed by atoms with Crippen LogP contribution in [0.15, 0.2) is 29.3 Å². The second kappa shape index (κ2) is 4.02. The molecule has 0 bridgehead atoms. The first-order valence-electron chi connectivity index (χ1n) is 4.52. The summed E-state index contributed by atoms with van der Waals surface area (Å²) < 4.78 is 7.38. The van der Waals surface area contributed by atoms with Gasteiger partial charge >= 0.3 is 5.97 Å². The number of nitrogens with zero attached hydrogens (tertiary/aromatic N) is 2. The highest BCUT2D eigenvalue weighted by atomic mass is 79.9. The van der Waals surface area contributed by atoms with Gasteiger partial charge in [0.15, 0.2) is 0 Å². The minimum atomic E-state index is -0.329. The molecule has 0 saturated carbocycles. The fourth-order valence-electron chi connectivity index (χ4n) is 1.39. The number of aromatic nitrogens is 2. The Labute approximate surface area is 95.0 Å². The van der Waals surface area contributed by atoms with E-state index in [-0.39, 0.29) is 5.97 Å². The first-order chi connectivity index (χ1) is 7.24. The maximum absolute atomic E-state index is 11.6. The van der Waals surface area contributed by atoms with Crippen LogP contribution in [0.2, 0.25) is 0 Å². The van der Waals surface area contributed by atoms with E-state index in [1.165, 1.54) is 0 Å². The Bertz CT molecular complexity index is 507. The van der Waals surface area contributed by atoms with E-state index in [0.717, 1.165) is 5.52 Å². The number of carbonyl (C=O) groups is 1. The number of esters is 1. The van der Waals surface area contributed by atoms with Crippen LogP contribution in [0.25, 0.3) is 5.52 Å². The van der Waals surface area contributed by atoms with Crippen molar-refractivity contribution in [3.63, 3.8) is 0 Å². The molecule has 15 heavy (non-hydrogen) atoms. The topological polar surface area (TPSA) is 43.6 Å². The van der Waals surface area contributed by atoms with E-state index in [4.69, 9.17) is 4.74 Å². The van der Waals surface area contributed by atoms with Crippen molar-refractivity contribution in [2.24, 2.45) is 0 Å². The maximum atomic E-state index is 11.6. The molecule has 0 amide bonds. The van der Waals surface area contributed by atoms with Crippen molar-refractivity contribution < 1.29 is 9.53 Å². The summed E-state index contributed by atoms with van der Waals surface area (Å²) in [5.41, 5.74) is 1.25. The molecule has 0 saturated heterocycles. The van der Waals surface area contributed by atoms with Crippen LogP contribution in [-0.2, 0) is 4.74 Å². The number of rotatable bonds is 2. The highest BCUT2D eigenvalue weighted by Gasteiger charge is 2.14. The first kappa shape index (κ1) is 10.2. The number of hydrogen-bond donors (Lipinski definition) is 0. The lowest BCUT2D eigenvalue weighted by Crippen LogP contribution is -2.06. The van der Waals surface area contributed by atoms with Crippen molar-refractivity contribution in [2.75, 3.05) is 6.61 Å². The minimum Gasteiger partial charge on any atom is -0.462 e. The van der Waals surface area contributed by atoms with Crippen LogP contribution in [0.3, 0.4) is 0 Å². The lowest BCUT2D eigenvalue weighted by molar-refractivity contribution is 0.0528. The lowest BCUT2D eigenvalue weighted by atomic mass is 10.2. The van der Waals surface area contributed by atoms with E-state index in [1.807, 2.05) is 6.20 Å². The molecular formula is C10H9BrN2O2. The Hall–Kier alpha value is -1.36. The Morgan fingerprint density at radius 3 is 3.20 bits per heavy atom. The number of imidazole rings is 1. The van der Waals surface area contributed by atoms with Crippen LogP contribution in [0.1, 0.15) is 17.3 Å². The van der Waals surface area contributed by atoms with Crippen LogP contribution in [0.5, 0.6) is 0 Å². The van der Waals surface area contributed by atoms with E-state index < -0.39 is 0 Å². The highest BCUT2D eigenvalue weighted by molar-refractivity contribution is 9.10. The normalized spacial score (nSPS) is 10.5. The van der Waals surface area contributed by atoms with Gasteiger partial charge < -0.3 is 9.14 Å². The summed E-state index contributed by atoms with van der Waals surface area (Å²) in [5, 5.41) is 0. The molecule has 78 valence electrons. The van der Waals surface area contributed by atoms with Crippen molar-refractivity contribution in [3.8, 4) is 0 Å². The highest BCUT2D eigenvalue weighted by Crippen LogP contribution is 2.20. The van der Waals surface area contributed by atoms with Gasteiger partial charge in [-0.2, -0.15) is 0 Å². The van der Waals surface area contributed by atoms with Gasteiger partial charge in [-0.1, -0.05) is 0 Å². The van der Waals surface area contributed by atoms with Crippen LogP contribution < -0.4 is 0 Å². The van der Waals surface area contributed by atoms with E-state index in [2.05, 4.69) is 20.9 Å². The van der Waals surface area contributed by atoms with Crippen molar-refractivity contribution in [1.29, 1.82) is 0 Å². The number of halogens is 1. The molecule has 0 aromatic carbocycles. The fraction of sp³-hybridized carbons (Fsp3) is 0.200. The van der Waals surface area contributed by atoms with Gasteiger partial charge in [0.25, 0.3) is 0 Å². The zero-order valence-electron chi connectivity index (χ0n) is 8.11. The van der Waals surface area contributed by atoms with Crippen LogP contribution in [0.4, 0.5) is 0 Å². The monoisotopic (exact) mass is 268 g/mol. The zero-order valence-corrected chi connectivity index (χ0v) is 9.69. The van der Waals surface area contributed by atoms with Crippen molar-refractivity contribution in [3.05, 3.63) is 34.8 Å². The number of pyridine rings is 1. The number of ether oxygens (including phenoxy) is 1. The third-order valence-electron chi connectivity index (χ3n) is 2.01. The van der Waals surface area contributed by atoms with E-state index in [1.54, 1.807) is 29.8 Å². The molecule has 0 aliphatic carbocycles. The van der Waals surface area contributed by atoms with Crippen molar-refractivity contribution >= 4 is 27.4 Å². The Kier molecular flexibility index (Phi) is 2.73. The van der Waals surface area contributed by atoms with Gasteiger partial charge in [0, 0.05) is 6.20 Å². The van der Waals surface area contributed by atoms with Gasteiger partial charge in [-0.25, -0.2) is 9.78 Å². The smallest absolute Gasteiger partial charge is 0.340 e. The number of carbonyl (C=O) groups excluding carboxylic acids is 1. The summed E-state index contributed by atoms with van der Waals surface area (Å²) in [6.45, 7) is 2.15. The third kappa shape index (κ3) is 1.74. The first-order valence-corrected chi connectivity index (χ1v) is 5.31. The zero-order chi connectivity index (χ0) is 10.8. The maximum Gasteiger partial charge on any atom is 0.340 e. The second-order valence-corrected chi connectivity index (χ2v) is 3.68. The summed E-state index contributed by atoms with van der Waals surface area (Å²) in [5.74, 6) is -0.329. The third-order valence-corrected chi connectivity index (χ3v) is 2.59. The van der Waals surface area contributed by atoms with Gasteiger partial charge in [0.2, 0.25) is 0 Å². The molecular weight excluding hydrogens is 260 g/mol. The van der Waals surface area contributed by atoms with Crippen LogP contribution in [0, 0.1) is 0 Å². The minimum absolute atomic E-state index is 0.329. The fourth-order valence-corrected chi connectivity index (χ4v) is 1.90. The molecule has 0 fully saturated rings. The molecule has 0 radical (unpaired) electrons. The quantitative estimate of drug-likeness (QED) is 0.785. The average molecular weight is 269 g/mol. The van der Waals surface area contributed by atoms with E-state index in [0.29, 0.717) is 16.8 Å². The predicted octanol–water partition coefficient (Wildman–Crippen LogP) is 2.27. The molecule has 0 unspecified atom stereocenters. The molecule has 2 heterocycles. The molecule has 2 rings (SSSR count). The largest absolute Gasteiger partial charge is 0.462 e. The Morgan fingerprint density at radius 2 is 2.47 bits per heavy atom. The molecule has 0 spiro atoms. The molecule has 5 heteroatoms. The molecule has 0 N–H and O–H groups in total. The molecule has 2 aromatic rings. The van der Waals surface area contributed by atoms with Gasteiger partial charge in [-0.3, -0.25) is 0 Å². The summed E-state index contributed by atoms with van der Waals surface area (Å²) in [4.78, 5) is 15.7. The average Bonchev–Trinajstić information content (AvgIpc) is 2.61. The van der Waals surface area contributed by atoms with Gasteiger partial charge in [0.1, 0.15) is 10.9 Å². The van der Waals surface area contributed by atoms with Crippen molar-refractivity contribution in [2.45, 2.75) is 6.92 Å². The molecule has 0 atom stereocenters. The molecule has 0 aliphatic rings. The van der Waals surface area contributed by atoms with Gasteiger partial charge in [0.05, 0.1) is 17.7 Å². The van der Waals surface area contributed by atoms with E-state index >= 15 is 0 Å². The van der Waals surface area contributed by atoms with Crippen LogP contribution in [-0.4, -0.2) is 22.0 Å². The molecule has 2 aromatic heterocycles. The van der Waals surface area contributed by atoms with Crippen LogP contribution >= 0.6 is 15.9 Å². The lowest BCUT2D eigenvalue weighted by Gasteiger charge is -2.03. The summed E-state index contributed by atoms with van der Waals surface area (Å²) in [6.07, 6.45) is 3.47. The Morgan fingerprint density at radius 1 is 1.67 bits per heavy atom. The predicted molar refractivity (Wildman–Crippen MR) is 58.8 cm³/mol. The second-order valence-electron chi connectivity index (χ2n) is 2.93. The molecule has 0 aliphatic heterocycles. The SMILES string of the molecule is CCOC(=O)c1cccn2cnc(Br)c12. The summed E-state index contributed by atoms with van der Waals surface area (Å²) in [6, 6.07) is 3.51.